The molecule has 0 radical (unpaired) electrons. The van der Waals surface area contributed by atoms with Crippen LogP contribution in [0.1, 0.15) is 44.0 Å². The molecule has 0 atom stereocenters. The summed E-state index contributed by atoms with van der Waals surface area (Å²) in [5.74, 6) is 0.264. The lowest BCUT2D eigenvalue weighted by molar-refractivity contribution is 0.0963. The van der Waals surface area contributed by atoms with Crippen molar-refractivity contribution in [3.05, 3.63) is 29.8 Å². The van der Waals surface area contributed by atoms with E-state index in [0.29, 0.717) is 6.42 Å². The molecule has 0 aliphatic carbocycles. The van der Waals surface area contributed by atoms with E-state index in [0.717, 1.165) is 16.9 Å². The van der Waals surface area contributed by atoms with Crippen molar-refractivity contribution in [3.8, 4) is 0 Å². The van der Waals surface area contributed by atoms with E-state index in [-0.39, 0.29) is 11.2 Å². The molecule has 1 nitrogen and oxygen atoms in total. The van der Waals surface area contributed by atoms with Gasteiger partial charge in [0.25, 0.3) is 0 Å². The fraction of sp³-hybridized carbons (Fsp3) is 0.500. The zero-order valence-electron chi connectivity index (χ0n) is 10.5. The van der Waals surface area contributed by atoms with Crippen molar-refractivity contribution in [2.45, 2.75) is 38.5 Å². The van der Waals surface area contributed by atoms with Crippen molar-refractivity contribution in [1.82, 2.24) is 0 Å². The fourth-order valence-electron chi connectivity index (χ4n) is 1.50. The molecule has 88 valence electrons. The Morgan fingerprint density at radius 2 is 1.88 bits per heavy atom. The summed E-state index contributed by atoms with van der Waals surface area (Å²) >= 11 is 1.64. The maximum atomic E-state index is 12.1. The fourth-order valence-corrected chi connectivity index (χ4v) is 2.11. The van der Waals surface area contributed by atoms with Crippen LogP contribution in [0, 0.1) is 5.41 Å². The Bertz CT molecular complexity index is 363. The summed E-state index contributed by atoms with van der Waals surface area (Å²) in [6.07, 6.45) is 3.59. The SMILES string of the molecule is CSc1ccccc1C(=O)CCC(C)(C)C. The van der Waals surface area contributed by atoms with Crippen LogP contribution in [-0.4, -0.2) is 12.0 Å². The van der Waals surface area contributed by atoms with Gasteiger partial charge in [0, 0.05) is 16.9 Å². The normalized spacial score (nSPS) is 11.5. The number of benzene rings is 1. The van der Waals surface area contributed by atoms with Crippen LogP contribution in [0.2, 0.25) is 0 Å². The predicted octanol–water partition coefficient (Wildman–Crippen LogP) is 4.42. The molecule has 0 saturated heterocycles. The van der Waals surface area contributed by atoms with Crippen LogP contribution < -0.4 is 0 Å². The molecule has 1 aromatic rings. The number of hydrogen-bond donors (Lipinski definition) is 0. The first kappa shape index (κ1) is 13.3. The van der Waals surface area contributed by atoms with Crippen LogP contribution in [0.4, 0.5) is 0 Å². The second-order valence-electron chi connectivity index (χ2n) is 5.18. The molecule has 0 saturated carbocycles. The molecule has 0 bridgehead atoms. The number of carbonyl (C=O) groups is 1. The number of hydrogen-bond acceptors (Lipinski definition) is 2. The molecule has 0 fully saturated rings. The van der Waals surface area contributed by atoms with Gasteiger partial charge in [0.2, 0.25) is 0 Å². The first-order valence-electron chi connectivity index (χ1n) is 5.60. The number of carbonyl (C=O) groups excluding carboxylic acids is 1. The van der Waals surface area contributed by atoms with Crippen molar-refractivity contribution < 1.29 is 4.79 Å². The third-order valence-corrected chi connectivity index (χ3v) is 3.31. The molecule has 1 rings (SSSR count). The van der Waals surface area contributed by atoms with E-state index in [1.807, 2.05) is 30.5 Å². The summed E-state index contributed by atoms with van der Waals surface area (Å²) in [5.41, 5.74) is 1.10. The smallest absolute Gasteiger partial charge is 0.164 e. The average Bonchev–Trinajstić information content (AvgIpc) is 2.25. The minimum atomic E-state index is 0.226. The summed E-state index contributed by atoms with van der Waals surface area (Å²) < 4.78 is 0. The van der Waals surface area contributed by atoms with Gasteiger partial charge in [-0.05, 0) is 24.2 Å². The van der Waals surface area contributed by atoms with Crippen molar-refractivity contribution in [1.29, 1.82) is 0 Å². The van der Waals surface area contributed by atoms with Crippen molar-refractivity contribution in [2.24, 2.45) is 5.41 Å². The Morgan fingerprint density at radius 1 is 1.25 bits per heavy atom. The number of ketones is 1. The van der Waals surface area contributed by atoms with Crippen molar-refractivity contribution in [3.63, 3.8) is 0 Å². The molecule has 1 aromatic carbocycles. The highest BCUT2D eigenvalue weighted by molar-refractivity contribution is 7.98. The molecule has 0 N–H and O–H groups in total. The zero-order chi connectivity index (χ0) is 12.2. The summed E-state index contributed by atoms with van der Waals surface area (Å²) in [6, 6.07) is 7.85. The largest absolute Gasteiger partial charge is 0.294 e. The lowest BCUT2D eigenvalue weighted by Gasteiger charge is -2.17. The van der Waals surface area contributed by atoms with Gasteiger partial charge in [0.15, 0.2) is 5.78 Å². The van der Waals surface area contributed by atoms with E-state index < -0.39 is 0 Å². The molecular weight excluding hydrogens is 216 g/mol. The summed E-state index contributed by atoms with van der Waals surface area (Å²) in [6.45, 7) is 6.50. The Hall–Kier alpha value is -0.760. The number of Topliss-reactive ketones (excluding diaryl/α,β-unsaturated/α-hetero) is 1. The van der Waals surface area contributed by atoms with Gasteiger partial charge in [-0.25, -0.2) is 0 Å². The maximum absolute atomic E-state index is 12.1. The molecule has 0 heterocycles. The third kappa shape index (κ3) is 4.01. The summed E-state index contributed by atoms with van der Waals surface area (Å²) in [7, 11) is 0. The Labute approximate surface area is 103 Å². The standard InChI is InChI=1S/C14H20OS/c1-14(2,3)10-9-12(15)11-7-5-6-8-13(11)16-4/h5-8H,9-10H2,1-4H3. The summed E-state index contributed by atoms with van der Waals surface area (Å²) in [5, 5.41) is 0. The third-order valence-electron chi connectivity index (χ3n) is 2.51. The highest BCUT2D eigenvalue weighted by Crippen LogP contribution is 2.25. The predicted molar refractivity (Wildman–Crippen MR) is 71.2 cm³/mol. The van der Waals surface area contributed by atoms with E-state index in [2.05, 4.69) is 20.8 Å². The monoisotopic (exact) mass is 236 g/mol. The van der Waals surface area contributed by atoms with Gasteiger partial charge in [0.1, 0.15) is 0 Å². The molecule has 16 heavy (non-hydrogen) atoms. The van der Waals surface area contributed by atoms with Crippen LogP contribution >= 0.6 is 11.8 Å². The van der Waals surface area contributed by atoms with Crippen LogP contribution in [0.25, 0.3) is 0 Å². The van der Waals surface area contributed by atoms with Crippen molar-refractivity contribution in [2.75, 3.05) is 6.26 Å². The zero-order valence-corrected chi connectivity index (χ0v) is 11.4. The van der Waals surface area contributed by atoms with E-state index in [1.54, 1.807) is 11.8 Å². The van der Waals surface area contributed by atoms with Crippen molar-refractivity contribution >= 4 is 17.5 Å². The van der Waals surface area contributed by atoms with Gasteiger partial charge in [0.05, 0.1) is 0 Å². The van der Waals surface area contributed by atoms with Crippen LogP contribution in [0.5, 0.6) is 0 Å². The second kappa shape index (κ2) is 5.53. The minimum absolute atomic E-state index is 0.226. The Kier molecular flexibility index (Phi) is 4.60. The first-order chi connectivity index (χ1) is 7.44. The molecule has 2 heteroatoms. The lowest BCUT2D eigenvalue weighted by atomic mass is 9.88. The first-order valence-corrected chi connectivity index (χ1v) is 6.83. The van der Waals surface area contributed by atoms with Gasteiger partial charge in [-0.1, -0.05) is 39.0 Å². The second-order valence-corrected chi connectivity index (χ2v) is 6.03. The average molecular weight is 236 g/mol. The van der Waals surface area contributed by atoms with E-state index in [4.69, 9.17) is 0 Å². The molecule has 0 aromatic heterocycles. The summed E-state index contributed by atoms with van der Waals surface area (Å²) in [4.78, 5) is 13.1. The molecule has 0 spiro atoms. The molecule has 0 amide bonds. The van der Waals surface area contributed by atoms with Gasteiger partial charge >= 0.3 is 0 Å². The highest BCUT2D eigenvalue weighted by atomic mass is 32.2. The maximum Gasteiger partial charge on any atom is 0.164 e. The topological polar surface area (TPSA) is 17.1 Å². The van der Waals surface area contributed by atoms with Gasteiger partial charge in [-0.15, -0.1) is 11.8 Å². The van der Waals surface area contributed by atoms with E-state index in [1.165, 1.54) is 0 Å². The van der Waals surface area contributed by atoms with Crippen LogP contribution in [0.15, 0.2) is 29.2 Å². The molecular formula is C14H20OS. The van der Waals surface area contributed by atoms with Crippen LogP contribution in [-0.2, 0) is 0 Å². The molecule has 0 aliphatic rings. The van der Waals surface area contributed by atoms with E-state index in [9.17, 15) is 4.79 Å². The Balaban J connectivity index is 2.73. The molecule has 0 unspecified atom stereocenters. The number of rotatable bonds is 4. The van der Waals surface area contributed by atoms with Crippen LogP contribution in [0.3, 0.4) is 0 Å². The molecule has 0 aliphatic heterocycles. The van der Waals surface area contributed by atoms with Gasteiger partial charge < -0.3 is 0 Å². The Morgan fingerprint density at radius 3 is 2.44 bits per heavy atom. The lowest BCUT2D eigenvalue weighted by Crippen LogP contribution is -2.09. The quantitative estimate of drug-likeness (QED) is 0.568. The minimum Gasteiger partial charge on any atom is -0.294 e. The number of thioether (sulfide) groups is 1. The van der Waals surface area contributed by atoms with E-state index >= 15 is 0 Å². The van der Waals surface area contributed by atoms with Gasteiger partial charge in [-0.2, -0.15) is 0 Å². The van der Waals surface area contributed by atoms with Gasteiger partial charge in [-0.3, -0.25) is 4.79 Å². The highest BCUT2D eigenvalue weighted by Gasteiger charge is 2.15.